The zero-order chi connectivity index (χ0) is 22.3. The Morgan fingerprint density at radius 1 is 1.24 bits per heavy atom. The van der Waals surface area contributed by atoms with Gasteiger partial charge >= 0.3 is 0 Å². The first-order valence-electron chi connectivity index (χ1n) is 10.2. The Morgan fingerprint density at radius 2 is 1.86 bits per heavy atom. The van der Waals surface area contributed by atoms with Crippen LogP contribution < -0.4 is 4.72 Å². The Hall–Kier alpha value is -0.513. The first kappa shape index (κ1) is 24.8. The highest BCUT2D eigenvalue weighted by atomic mass is 32.2. The molecular formula is C21H39NO5SSi. The lowest BCUT2D eigenvalue weighted by molar-refractivity contribution is -0.152. The molecule has 1 aliphatic rings. The standard InChI is InChI=1S/C21H39NO5SSi/c1-19(2,3)28(23)22-17(15-12-11-13-24-15)18(16-14-25-21(7,8)26-16)27-29(9,10)20(4,5)6/h11-13,16-18,22H,14H2,1-10H3/t16-,17-,18+,28+/m0/s1. The number of hydrogen-bond acceptors (Lipinski definition) is 5. The van der Waals surface area contributed by atoms with Crippen LogP contribution in [0.25, 0.3) is 0 Å². The van der Waals surface area contributed by atoms with Gasteiger partial charge in [-0.3, -0.25) is 0 Å². The number of rotatable bonds is 7. The molecule has 1 fully saturated rings. The van der Waals surface area contributed by atoms with E-state index in [-0.39, 0.29) is 11.1 Å². The van der Waals surface area contributed by atoms with Crippen molar-refractivity contribution in [1.82, 2.24) is 4.72 Å². The summed E-state index contributed by atoms with van der Waals surface area (Å²) in [5.74, 6) is -0.00373. The van der Waals surface area contributed by atoms with E-state index < -0.39 is 42.0 Å². The summed E-state index contributed by atoms with van der Waals surface area (Å²) < 4.78 is 40.5. The molecule has 1 aliphatic heterocycles. The van der Waals surface area contributed by atoms with E-state index >= 15 is 0 Å². The highest BCUT2D eigenvalue weighted by Gasteiger charge is 2.48. The maximum absolute atomic E-state index is 13.0. The van der Waals surface area contributed by atoms with Crippen molar-refractivity contribution in [2.75, 3.05) is 6.61 Å². The molecule has 0 aliphatic carbocycles. The average Bonchev–Trinajstić information content (AvgIpc) is 3.17. The predicted octanol–water partition coefficient (Wildman–Crippen LogP) is 4.91. The van der Waals surface area contributed by atoms with Crippen molar-refractivity contribution in [3.63, 3.8) is 0 Å². The van der Waals surface area contributed by atoms with E-state index in [2.05, 4.69) is 38.6 Å². The molecule has 0 unspecified atom stereocenters. The first-order chi connectivity index (χ1) is 13.0. The Kier molecular flexibility index (Phi) is 7.30. The van der Waals surface area contributed by atoms with Gasteiger partial charge in [0.15, 0.2) is 14.1 Å². The Bertz CT molecular complexity index is 691. The Balaban J connectivity index is 2.45. The van der Waals surface area contributed by atoms with Crippen LogP contribution in [-0.2, 0) is 24.9 Å². The molecule has 4 atom stereocenters. The summed E-state index contributed by atoms with van der Waals surface area (Å²) in [7, 11) is -3.48. The van der Waals surface area contributed by atoms with Gasteiger partial charge in [0.05, 0.1) is 34.7 Å². The van der Waals surface area contributed by atoms with Gasteiger partial charge in [-0.25, -0.2) is 8.93 Å². The molecule has 1 N–H and O–H groups in total. The van der Waals surface area contributed by atoms with Crippen molar-refractivity contribution in [2.24, 2.45) is 0 Å². The summed E-state index contributed by atoms with van der Waals surface area (Å²) >= 11 is 0. The zero-order valence-corrected chi connectivity index (χ0v) is 21.4. The summed E-state index contributed by atoms with van der Waals surface area (Å²) in [4.78, 5) is 0. The lowest BCUT2D eigenvalue weighted by atomic mass is 10.0. The van der Waals surface area contributed by atoms with Crippen LogP contribution in [-0.4, -0.2) is 41.9 Å². The van der Waals surface area contributed by atoms with Crippen LogP contribution in [0.4, 0.5) is 0 Å². The summed E-state index contributed by atoms with van der Waals surface area (Å²) in [6, 6.07) is 3.30. The third-order valence-corrected chi connectivity index (χ3v) is 11.7. The Morgan fingerprint density at radius 3 is 2.28 bits per heavy atom. The van der Waals surface area contributed by atoms with E-state index in [1.54, 1.807) is 6.26 Å². The van der Waals surface area contributed by atoms with Crippen molar-refractivity contribution in [2.45, 2.75) is 102 Å². The van der Waals surface area contributed by atoms with E-state index in [1.807, 2.05) is 46.8 Å². The van der Waals surface area contributed by atoms with Crippen LogP contribution in [0.15, 0.2) is 22.8 Å². The van der Waals surface area contributed by atoms with Crippen LogP contribution in [0.1, 0.15) is 67.2 Å². The minimum Gasteiger partial charge on any atom is -0.468 e. The Labute approximate surface area is 179 Å². The van der Waals surface area contributed by atoms with Gasteiger partial charge in [-0.2, -0.15) is 0 Å². The van der Waals surface area contributed by atoms with Crippen molar-refractivity contribution >= 4 is 19.3 Å². The molecule has 0 saturated carbocycles. The fraction of sp³-hybridized carbons (Fsp3) is 0.810. The quantitative estimate of drug-likeness (QED) is 0.604. The highest BCUT2D eigenvalue weighted by molar-refractivity contribution is 7.84. The average molecular weight is 446 g/mol. The second-order valence-electron chi connectivity index (χ2n) is 10.7. The van der Waals surface area contributed by atoms with E-state index in [1.165, 1.54) is 0 Å². The number of nitrogens with one attached hydrogen (secondary N) is 1. The van der Waals surface area contributed by atoms with Crippen LogP contribution in [0, 0.1) is 0 Å². The minimum atomic E-state index is -2.17. The highest BCUT2D eigenvalue weighted by Crippen LogP contribution is 2.41. The molecule has 1 aromatic rings. The molecule has 29 heavy (non-hydrogen) atoms. The van der Waals surface area contributed by atoms with Crippen LogP contribution in [0.2, 0.25) is 18.1 Å². The van der Waals surface area contributed by atoms with Gasteiger partial charge in [-0.15, -0.1) is 0 Å². The molecule has 0 spiro atoms. The normalized spacial score (nSPS) is 23.7. The van der Waals surface area contributed by atoms with E-state index in [9.17, 15) is 4.21 Å². The van der Waals surface area contributed by atoms with Gasteiger partial charge < -0.3 is 18.3 Å². The van der Waals surface area contributed by atoms with Crippen LogP contribution in [0.5, 0.6) is 0 Å². The van der Waals surface area contributed by atoms with Gasteiger partial charge in [0, 0.05) is 0 Å². The summed E-state index contributed by atoms with van der Waals surface area (Å²) in [6.07, 6.45) is 0.914. The van der Waals surface area contributed by atoms with Crippen molar-refractivity contribution < 1.29 is 22.5 Å². The molecule has 0 aromatic carbocycles. The maximum atomic E-state index is 13.0. The second-order valence-corrected chi connectivity index (χ2v) is 17.5. The van der Waals surface area contributed by atoms with Crippen LogP contribution in [0.3, 0.4) is 0 Å². The van der Waals surface area contributed by atoms with Gasteiger partial charge in [-0.1, -0.05) is 20.8 Å². The fourth-order valence-corrected chi connectivity index (χ4v) is 4.96. The number of furan rings is 1. The van der Waals surface area contributed by atoms with E-state index in [0.717, 1.165) is 0 Å². The largest absolute Gasteiger partial charge is 0.468 e. The molecule has 0 radical (unpaired) electrons. The lowest BCUT2D eigenvalue weighted by Crippen LogP contribution is -2.53. The number of ether oxygens (including phenoxy) is 2. The smallest absolute Gasteiger partial charge is 0.192 e. The summed E-state index contributed by atoms with van der Waals surface area (Å²) in [6.45, 7) is 21.1. The van der Waals surface area contributed by atoms with Gasteiger partial charge in [0.25, 0.3) is 0 Å². The molecule has 2 heterocycles. The lowest BCUT2D eigenvalue weighted by Gasteiger charge is -2.43. The summed E-state index contributed by atoms with van der Waals surface area (Å²) in [5.41, 5.74) is 0. The second kappa shape index (κ2) is 8.55. The molecule has 1 aromatic heterocycles. The molecule has 168 valence electrons. The predicted molar refractivity (Wildman–Crippen MR) is 119 cm³/mol. The molecule has 6 nitrogen and oxygen atoms in total. The van der Waals surface area contributed by atoms with Crippen LogP contribution >= 0.6 is 0 Å². The third-order valence-electron chi connectivity index (χ3n) is 5.60. The zero-order valence-electron chi connectivity index (χ0n) is 19.6. The van der Waals surface area contributed by atoms with E-state index in [4.69, 9.17) is 18.3 Å². The monoisotopic (exact) mass is 445 g/mol. The molecule has 8 heteroatoms. The van der Waals surface area contributed by atoms with Gasteiger partial charge in [-0.05, 0) is 64.9 Å². The maximum Gasteiger partial charge on any atom is 0.192 e. The fourth-order valence-electron chi connectivity index (χ4n) is 2.80. The topological polar surface area (TPSA) is 69.9 Å². The molecule has 1 saturated heterocycles. The molecular weight excluding hydrogens is 406 g/mol. The summed E-state index contributed by atoms with van der Waals surface area (Å²) in [5, 5.41) is 0.0110. The first-order valence-corrected chi connectivity index (χ1v) is 14.3. The molecule has 0 amide bonds. The van der Waals surface area contributed by atoms with E-state index in [0.29, 0.717) is 12.4 Å². The van der Waals surface area contributed by atoms with Gasteiger partial charge in [0.2, 0.25) is 0 Å². The SMILES string of the molecule is CC1(C)OC[C@@H]([C@@H](O[Si](C)(C)C(C)(C)C)[C@@H](N[S@](=O)C(C)(C)C)c2ccco2)O1. The molecule has 0 bridgehead atoms. The van der Waals surface area contributed by atoms with Crippen molar-refractivity contribution in [3.8, 4) is 0 Å². The molecule has 2 rings (SSSR count). The van der Waals surface area contributed by atoms with Gasteiger partial charge in [0.1, 0.15) is 17.9 Å². The van der Waals surface area contributed by atoms with Crippen molar-refractivity contribution in [1.29, 1.82) is 0 Å². The van der Waals surface area contributed by atoms with Crippen molar-refractivity contribution in [3.05, 3.63) is 24.2 Å². The minimum absolute atomic E-state index is 0.0110. The third kappa shape index (κ3) is 6.24. The number of hydrogen-bond donors (Lipinski definition) is 1.